The number of ether oxygens (including phenoxy) is 6. The molecule has 0 aromatic heterocycles. The molecule has 0 radical (unpaired) electrons. The van der Waals surface area contributed by atoms with Crippen molar-refractivity contribution in [1.82, 2.24) is 0 Å². The monoisotopic (exact) mass is 959 g/mol. The fraction of sp³-hybridized carbons (Fsp3) is 0.938. The Morgan fingerprint density at radius 3 is 1.78 bits per heavy atom. The summed E-state index contributed by atoms with van der Waals surface area (Å²) >= 11 is 0. The first-order valence-electron chi connectivity index (χ1n) is 24.4. The lowest BCUT2D eigenvalue weighted by Gasteiger charge is -2.71. The Labute approximate surface area is 392 Å². The van der Waals surface area contributed by atoms with Crippen molar-refractivity contribution in [3.8, 4) is 0 Å². The minimum Gasteiger partial charge on any atom is -0.432 e. The highest BCUT2D eigenvalue weighted by molar-refractivity contribution is 5.80. The van der Waals surface area contributed by atoms with Crippen LogP contribution in [0.15, 0.2) is 11.6 Å². The van der Waals surface area contributed by atoms with Crippen LogP contribution in [0.2, 0.25) is 0 Å². The molecule has 0 bridgehead atoms. The van der Waals surface area contributed by atoms with Gasteiger partial charge < -0.3 is 89.7 Å². The van der Waals surface area contributed by atoms with Crippen LogP contribution >= 0.6 is 0 Å². The van der Waals surface area contributed by atoms with E-state index in [0.29, 0.717) is 25.7 Å². The van der Waals surface area contributed by atoms with Gasteiger partial charge in [-0.05, 0) is 103 Å². The highest BCUT2D eigenvalue weighted by Crippen LogP contribution is 2.76. The fourth-order valence-electron chi connectivity index (χ4n) is 15.1. The topological polar surface area (TPSA) is 315 Å². The standard InChI is InChI=1S/C48H78O19/c1-43(2)14-15-48(42(61)67-41-36(59)33(56)31(54)24(19-50)63-41)22(16-43)21-8-9-27-45(5)12-11-29(44(3,4)26(45)10-13-46(27,6)47(21,7)17-28(48)52)65-39-37(60)34(57)38(25(20-51)64-39)66-40-35(58)32(55)30(53)23(18-49)62-40/h8,22-41,49-60H,9-20H2,1-7H3/t22-,23+,24+,25+,26-,27+,28+,29-,30+,31+,32-,33-,34+,35+,36+,37+,38+,39-,40-,41-,45+,46-,47-,48-/m1/s1. The van der Waals surface area contributed by atoms with Gasteiger partial charge in [-0.3, -0.25) is 4.79 Å². The first-order chi connectivity index (χ1) is 31.3. The zero-order chi connectivity index (χ0) is 49.1. The molecule has 67 heavy (non-hydrogen) atoms. The van der Waals surface area contributed by atoms with E-state index in [4.69, 9.17) is 28.4 Å². The summed E-state index contributed by atoms with van der Waals surface area (Å²) in [6, 6.07) is 0. The van der Waals surface area contributed by atoms with Gasteiger partial charge in [-0.1, -0.05) is 60.1 Å². The van der Waals surface area contributed by atoms with Crippen LogP contribution in [0.3, 0.4) is 0 Å². The molecular weight excluding hydrogens is 881 g/mol. The Morgan fingerprint density at radius 2 is 1.16 bits per heavy atom. The zero-order valence-electron chi connectivity index (χ0n) is 39.8. The molecule has 3 aliphatic heterocycles. The Kier molecular flexibility index (Phi) is 14.1. The minimum absolute atomic E-state index is 0.117. The lowest BCUT2D eigenvalue weighted by molar-refractivity contribution is -0.368. The van der Waals surface area contributed by atoms with Crippen molar-refractivity contribution in [2.45, 2.75) is 211 Å². The Balaban J connectivity index is 1.01. The van der Waals surface area contributed by atoms with Gasteiger partial charge in [0.15, 0.2) is 12.6 Å². The van der Waals surface area contributed by atoms with Gasteiger partial charge in [0.1, 0.15) is 78.7 Å². The zero-order valence-corrected chi connectivity index (χ0v) is 39.8. The number of aliphatic hydroxyl groups is 12. The van der Waals surface area contributed by atoms with E-state index in [1.54, 1.807) is 0 Å². The molecule has 5 aliphatic carbocycles. The normalized spacial score (nSPS) is 53.8. The van der Waals surface area contributed by atoms with E-state index < -0.39 is 152 Å². The molecular formula is C48H78O19. The van der Waals surface area contributed by atoms with E-state index in [0.717, 1.165) is 31.3 Å². The van der Waals surface area contributed by atoms with Crippen molar-refractivity contribution in [3.63, 3.8) is 0 Å². The molecule has 24 atom stereocenters. The van der Waals surface area contributed by atoms with Gasteiger partial charge in [0.05, 0.1) is 32.0 Å². The highest BCUT2D eigenvalue weighted by atomic mass is 16.7. The highest BCUT2D eigenvalue weighted by Gasteiger charge is 2.72. The largest absolute Gasteiger partial charge is 0.432 e. The van der Waals surface area contributed by atoms with Gasteiger partial charge in [0.25, 0.3) is 0 Å². The van der Waals surface area contributed by atoms with Gasteiger partial charge >= 0.3 is 5.97 Å². The van der Waals surface area contributed by atoms with Crippen LogP contribution in [0.5, 0.6) is 0 Å². The molecule has 384 valence electrons. The molecule has 19 nitrogen and oxygen atoms in total. The second-order valence-electron chi connectivity index (χ2n) is 23.6. The van der Waals surface area contributed by atoms with Gasteiger partial charge in [-0.2, -0.15) is 0 Å². The van der Waals surface area contributed by atoms with Crippen LogP contribution in [0.1, 0.15) is 106 Å². The maximum Gasteiger partial charge on any atom is 0.317 e. The van der Waals surface area contributed by atoms with E-state index in [1.165, 1.54) is 0 Å². The molecule has 0 aromatic rings. The van der Waals surface area contributed by atoms with Gasteiger partial charge in [0.2, 0.25) is 6.29 Å². The van der Waals surface area contributed by atoms with Crippen LogP contribution in [0.4, 0.5) is 0 Å². The van der Waals surface area contributed by atoms with Gasteiger partial charge in [0, 0.05) is 0 Å². The quantitative estimate of drug-likeness (QED) is 0.0758. The first-order valence-corrected chi connectivity index (χ1v) is 24.4. The number of esters is 1. The smallest absolute Gasteiger partial charge is 0.317 e. The summed E-state index contributed by atoms with van der Waals surface area (Å²) in [6.45, 7) is 13.5. The molecule has 12 N–H and O–H groups in total. The number of carbonyl (C=O) groups excluding carboxylic acids is 1. The number of allylic oxidation sites excluding steroid dienone is 2. The van der Waals surface area contributed by atoms with E-state index in [2.05, 4.69) is 54.5 Å². The molecule has 19 heteroatoms. The number of rotatable bonds is 9. The first kappa shape index (κ1) is 51.9. The van der Waals surface area contributed by atoms with Crippen molar-refractivity contribution >= 4 is 5.97 Å². The van der Waals surface area contributed by atoms with E-state index in [-0.39, 0.29) is 34.5 Å². The van der Waals surface area contributed by atoms with Gasteiger partial charge in [-0.25, -0.2) is 0 Å². The summed E-state index contributed by atoms with van der Waals surface area (Å²) in [6.07, 6.45) is -17.4. The number of fused-ring (bicyclic) bond motifs is 7. The van der Waals surface area contributed by atoms with Crippen LogP contribution in [-0.2, 0) is 33.2 Å². The predicted octanol–water partition coefficient (Wildman–Crippen LogP) is -0.889. The molecule has 3 heterocycles. The molecule has 3 saturated heterocycles. The third kappa shape index (κ3) is 8.01. The minimum atomic E-state index is -1.79. The second kappa shape index (κ2) is 18.2. The lowest BCUT2D eigenvalue weighted by Crippen LogP contribution is -2.68. The Bertz CT molecular complexity index is 1830. The Hall–Kier alpha value is -1.47. The second-order valence-corrected chi connectivity index (χ2v) is 23.6. The summed E-state index contributed by atoms with van der Waals surface area (Å²) < 4.78 is 35.5. The van der Waals surface area contributed by atoms with Gasteiger partial charge in [-0.15, -0.1) is 0 Å². The van der Waals surface area contributed by atoms with Crippen molar-refractivity contribution in [2.75, 3.05) is 19.8 Å². The number of aliphatic hydroxyl groups excluding tert-OH is 12. The van der Waals surface area contributed by atoms with Crippen LogP contribution in [0, 0.1) is 50.2 Å². The van der Waals surface area contributed by atoms with E-state index in [1.807, 2.05) is 0 Å². The predicted molar refractivity (Wildman–Crippen MR) is 232 cm³/mol. The number of hydrogen-bond donors (Lipinski definition) is 12. The summed E-state index contributed by atoms with van der Waals surface area (Å²) in [7, 11) is 0. The molecule has 0 unspecified atom stereocenters. The summed E-state index contributed by atoms with van der Waals surface area (Å²) in [4.78, 5) is 14.7. The summed E-state index contributed by atoms with van der Waals surface area (Å²) in [5.74, 6) is -0.875. The molecule has 0 spiro atoms. The Morgan fingerprint density at radius 1 is 0.612 bits per heavy atom. The average Bonchev–Trinajstić information content (AvgIpc) is 3.27. The van der Waals surface area contributed by atoms with Crippen molar-refractivity contribution < 1.29 is 94.5 Å². The fourth-order valence-corrected chi connectivity index (χ4v) is 15.1. The molecule has 0 aromatic carbocycles. The van der Waals surface area contributed by atoms with E-state index in [9.17, 15) is 66.1 Å². The van der Waals surface area contributed by atoms with Crippen molar-refractivity contribution in [3.05, 3.63) is 11.6 Å². The van der Waals surface area contributed by atoms with Crippen LogP contribution in [0.25, 0.3) is 0 Å². The molecule has 4 saturated carbocycles. The summed E-state index contributed by atoms with van der Waals surface area (Å²) in [5.41, 5.74) is -1.99. The lowest BCUT2D eigenvalue weighted by atomic mass is 9.33. The number of carbonyl (C=O) groups is 1. The molecule has 7 fully saturated rings. The third-order valence-corrected chi connectivity index (χ3v) is 19.3. The summed E-state index contributed by atoms with van der Waals surface area (Å²) in [5, 5.41) is 128. The SMILES string of the molecule is CC1(C)CC[C@@]2(C(=O)O[C@H]3O[C@@H](CO)[C@H](O)[C@@H](O)[C@@H]3O)[C@H](C1)C1=CC[C@H]3[C@@]4(C)CC[C@@H](O[C@H]5O[C@@H](CO)[C@H](O[C@H]6O[C@@H](CO)[C@H](O)[C@@H](O)[C@@H]6O)[C@@H](O)[C@@H]5O)C(C)(C)[C@H]4CC[C@@]3(C)[C@]1(C)C[C@@H]2O. The average molecular weight is 959 g/mol. The molecule has 8 aliphatic rings. The van der Waals surface area contributed by atoms with Crippen LogP contribution < -0.4 is 0 Å². The van der Waals surface area contributed by atoms with Crippen molar-refractivity contribution in [1.29, 1.82) is 0 Å². The third-order valence-electron chi connectivity index (χ3n) is 19.3. The maximum atomic E-state index is 14.7. The molecule has 0 amide bonds. The van der Waals surface area contributed by atoms with E-state index >= 15 is 0 Å². The maximum absolute atomic E-state index is 14.7. The number of hydrogen-bond acceptors (Lipinski definition) is 19. The van der Waals surface area contributed by atoms with Crippen molar-refractivity contribution in [2.24, 2.45) is 50.2 Å². The molecule has 8 rings (SSSR count). The van der Waals surface area contributed by atoms with Crippen LogP contribution in [-0.4, -0.2) is 191 Å².